The summed E-state index contributed by atoms with van der Waals surface area (Å²) in [6.07, 6.45) is 6.60. The van der Waals surface area contributed by atoms with Gasteiger partial charge in [0.2, 0.25) is 0 Å². The van der Waals surface area contributed by atoms with Crippen molar-refractivity contribution in [3.63, 3.8) is 0 Å². The first kappa shape index (κ1) is 14.8. The van der Waals surface area contributed by atoms with Crippen LogP contribution in [0.25, 0.3) is 10.8 Å². The van der Waals surface area contributed by atoms with E-state index in [1.54, 1.807) is 0 Å². The minimum Gasteiger partial charge on any atom is -0.0683 e. The van der Waals surface area contributed by atoms with Gasteiger partial charge in [0, 0.05) is 0 Å². The van der Waals surface area contributed by atoms with Crippen LogP contribution in [0.3, 0.4) is 0 Å². The number of benzene rings is 2. The molecule has 18 heavy (non-hydrogen) atoms. The monoisotopic (exact) mass is 242 g/mol. The maximum Gasteiger partial charge on any atom is -0.0181 e. The molecule has 0 aliphatic rings. The number of rotatable bonds is 5. The van der Waals surface area contributed by atoms with Gasteiger partial charge in [-0.15, -0.1) is 0 Å². The van der Waals surface area contributed by atoms with Crippen LogP contribution in [0.15, 0.2) is 42.5 Å². The highest BCUT2D eigenvalue weighted by molar-refractivity contribution is 5.82. The van der Waals surface area contributed by atoms with Crippen LogP contribution in [0, 0.1) is 0 Å². The highest BCUT2D eigenvalue weighted by atomic mass is 14.0. The summed E-state index contributed by atoms with van der Waals surface area (Å²) in [4.78, 5) is 0. The lowest BCUT2D eigenvalue weighted by Gasteiger charge is -2.03. The third-order valence-electron chi connectivity index (χ3n) is 3.13. The van der Waals surface area contributed by atoms with Gasteiger partial charge >= 0.3 is 0 Å². The van der Waals surface area contributed by atoms with E-state index >= 15 is 0 Å². The summed E-state index contributed by atoms with van der Waals surface area (Å²) < 4.78 is 0. The fourth-order valence-electron chi connectivity index (χ4n) is 2.15. The van der Waals surface area contributed by atoms with Crippen LogP contribution >= 0.6 is 0 Å². The van der Waals surface area contributed by atoms with Gasteiger partial charge in [-0.25, -0.2) is 0 Å². The Morgan fingerprint density at radius 3 is 2.22 bits per heavy atom. The molecule has 98 valence electrons. The lowest BCUT2D eigenvalue weighted by Crippen LogP contribution is -1.86. The topological polar surface area (TPSA) is 0 Å². The van der Waals surface area contributed by atoms with E-state index in [9.17, 15) is 0 Å². The molecule has 0 amide bonds. The van der Waals surface area contributed by atoms with E-state index in [0.29, 0.717) is 0 Å². The van der Waals surface area contributed by atoms with E-state index in [0.717, 1.165) is 0 Å². The molecular weight excluding hydrogens is 216 g/mol. The summed E-state index contributed by atoms with van der Waals surface area (Å²) in [5.74, 6) is 0. The number of hydrogen-bond donors (Lipinski definition) is 0. The molecule has 0 spiro atoms. The summed E-state index contributed by atoms with van der Waals surface area (Å²) in [6.45, 7) is 6.26. The Balaban J connectivity index is 0.000000771. The largest absolute Gasteiger partial charge is 0.0683 e. The lowest BCUT2D eigenvalue weighted by molar-refractivity contribution is 0.667. The second-order valence-corrected chi connectivity index (χ2v) is 4.49. The number of hydrogen-bond acceptors (Lipinski definition) is 0. The minimum absolute atomic E-state index is 1.23. The molecule has 2 aromatic carbocycles. The van der Waals surface area contributed by atoms with Crippen LogP contribution in [-0.2, 0) is 6.42 Å². The lowest BCUT2D eigenvalue weighted by atomic mass is 10.0. The van der Waals surface area contributed by atoms with Crippen LogP contribution in [0.5, 0.6) is 0 Å². The molecule has 0 atom stereocenters. The van der Waals surface area contributed by atoms with Crippen molar-refractivity contribution in [1.29, 1.82) is 0 Å². The number of unbranched alkanes of at least 4 members (excludes halogenated alkanes) is 3. The SMILES string of the molecule is CC.CCCCCCc1ccc2ccccc2c1. The molecule has 0 saturated carbocycles. The predicted octanol–water partition coefficient (Wildman–Crippen LogP) is 5.99. The summed E-state index contributed by atoms with van der Waals surface area (Å²) in [7, 11) is 0. The highest BCUT2D eigenvalue weighted by Crippen LogP contribution is 2.17. The Hall–Kier alpha value is -1.30. The fourth-order valence-corrected chi connectivity index (χ4v) is 2.15. The molecule has 0 heteroatoms. The van der Waals surface area contributed by atoms with Gasteiger partial charge in [0.15, 0.2) is 0 Å². The zero-order valence-electron chi connectivity index (χ0n) is 12.1. The normalized spacial score (nSPS) is 9.94. The van der Waals surface area contributed by atoms with Gasteiger partial charge in [-0.1, -0.05) is 82.5 Å². The average molecular weight is 242 g/mol. The maximum atomic E-state index is 2.33. The maximum absolute atomic E-state index is 2.33. The third kappa shape index (κ3) is 4.52. The molecule has 0 fully saturated rings. The van der Waals surface area contributed by atoms with Crippen molar-refractivity contribution < 1.29 is 0 Å². The zero-order valence-corrected chi connectivity index (χ0v) is 12.1. The first-order chi connectivity index (χ1) is 8.90. The molecule has 0 bridgehead atoms. The molecule has 2 rings (SSSR count). The Labute approximate surface area is 112 Å². The Morgan fingerprint density at radius 1 is 0.778 bits per heavy atom. The first-order valence-corrected chi connectivity index (χ1v) is 7.38. The average Bonchev–Trinajstić information content (AvgIpc) is 2.46. The Bertz CT molecular complexity index is 442. The molecule has 0 saturated heterocycles. The first-order valence-electron chi connectivity index (χ1n) is 7.38. The second-order valence-electron chi connectivity index (χ2n) is 4.49. The van der Waals surface area contributed by atoms with E-state index in [1.807, 2.05) is 13.8 Å². The Morgan fingerprint density at radius 2 is 1.50 bits per heavy atom. The Kier molecular flexibility index (Phi) is 7.17. The van der Waals surface area contributed by atoms with Crippen molar-refractivity contribution in [3.8, 4) is 0 Å². The van der Waals surface area contributed by atoms with Gasteiger partial charge in [0.1, 0.15) is 0 Å². The predicted molar refractivity (Wildman–Crippen MR) is 83.1 cm³/mol. The third-order valence-corrected chi connectivity index (χ3v) is 3.13. The highest BCUT2D eigenvalue weighted by Gasteiger charge is 1.96. The molecule has 0 nitrogen and oxygen atoms in total. The number of aryl methyl sites for hydroxylation is 1. The van der Waals surface area contributed by atoms with E-state index in [4.69, 9.17) is 0 Å². The molecule has 0 aromatic heterocycles. The van der Waals surface area contributed by atoms with Crippen LogP contribution < -0.4 is 0 Å². The van der Waals surface area contributed by atoms with Gasteiger partial charge in [-0.3, -0.25) is 0 Å². The fraction of sp³-hybridized carbons (Fsp3) is 0.444. The minimum atomic E-state index is 1.23. The van der Waals surface area contributed by atoms with Gasteiger partial charge in [0.05, 0.1) is 0 Å². The number of fused-ring (bicyclic) bond motifs is 1. The molecule has 0 aliphatic carbocycles. The van der Waals surface area contributed by atoms with Crippen LogP contribution in [-0.4, -0.2) is 0 Å². The molecule has 2 aromatic rings. The van der Waals surface area contributed by atoms with Crippen LogP contribution in [0.4, 0.5) is 0 Å². The van der Waals surface area contributed by atoms with E-state index in [-0.39, 0.29) is 0 Å². The van der Waals surface area contributed by atoms with Gasteiger partial charge < -0.3 is 0 Å². The van der Waals surface area contributed by atoms with Crippen molar-refractivity contribution >= 4 is 10.8 Å². The molecular formula is C18H26. The molecule has 0 N–H and O–H groups in total. The van der Waals surface area contributed by atoms with E-state index < -0.39 is 0 Å². The quantitative estimate of drug-likeness (QED) is 0.565. The summed E-state index contributed by atoms with van der Waals surface area (Å²) in [5.41, 5.74) is 1.48. The second kappa shape index (κ2) is 8.74. The summed E-state index contributed by atoms with van der Waals surface area (Å²) >= 11 is 0. The molecule has 0 aliphatic heterocycles. The standard InChI is InChI=1S/C16H20.C2H6/c1-2-3-4-5-8-14-11-12-15-9-6-7-10-16(15)13-14;1-2/h6-7,9-13H,2-5,8H2,1H3;1-2H3. The van der Waals surface area contributed by atoms with Gasteiger partial charge in [-0.05, 0) is 29.2 Å². The van der Waals surface area contributed by atoms with Crippen LogP contribution in [0.1, 0.15) is 52.0 Å². The molecule has 0 unspecified atom stereocenters. The van der Waals surface area contributed by atoms with Crippen molar-refractivity contribution in [2.75, 3.05) is 0 Å². The van der Waals surface area contributed by atoms with Gasteiger partial charge in [0.25, 0.3) is 0 Å². The van der Waals surface area contributed by atoms with Crippen molar-refractivity contribution in [3.05, 3.63) is 48.0 Å². The molecule has 0 radical (unpaired) electrons. The summed E-state index contributed by atoms with van der Waals surface area (Å²) in [6, 6.07) is 15.4. The summed E-state index contributed by atoms with van der Waals surface area (Å²) in [5, 5.41) is 2.72. The zero-order chi connectivity index (χ0) is 13.2. The van der Waals surface area contributed by atoms with Crippen molar-refractivity contribution in [2.24, 2.45) is 0 Å². The van der Waals surface area contributed by atoms with Gasteiger partial charge in [-0.2, -0.15) is 0 Å². The van der Waals surface area contributed by atoms with E-state index in [2.05, 4.69) is 49.4 Å². The molecule has 0 heterocycles. The van der Waals surface area contributed by atoms with Crippen molar-refractivity contribution in [1.82, 2.24) is 0 Å². The van der Waals surface area contributed by atoms with Crippen molar-refractivity contribution in [2.45, 2.75) is 52.9 Å². The van der Waals surface area contributed by atoms with Crippen LogP contribution in [0.2, 0.25) is 0 Å². The smallest absolute Gasteiger partial charge is 0.0181 e. The van der Waals surface area contributed by atoms with E-state index in [1.165, 1.54) is 48.4 Å².